The number of para-hydroxylation sites is 1. The Labute approximate surface area is 125 Å². The Kier molecular flexibility index (Phi) is 3.87. The lowest BCUT2D eigenvalue weighted by Gasteiger charge is -2.10. The maximum absolute atomic E-state index is 5.79. The molecule has 0 atom stereocenters. The molecule has 0 N–H and O–H groups in total. The average Bonchev–Trinajstić information content (AvgIpc) is 2.53. The molecule has 106 valence electrons. The number of aromatic nitrogens is 1. The van der Waals surface area contributed by atoms with Crippen molar-refractivity contribution in [3.05, 3.63) is 60.7 Å². The van der Waals surface area contributed by atoms with Gasteiger partial charge in [-0.1, -0.05) is 50.2 Å². The lowest BCUT2D eigenvalue weighted by molar-refractivity contribution is 0.271. The SMILES string of the molecule is CC(C)COc1cccc(-c2ccc3ccccc3n2)c1. The third kappa shape index (κ3) is 3.22. The van der Waals surface area contributed by atoms with Crippen LogP contribution in [0.2, 0.25) is 0 Å². The summed E-state index contributed by atoms with van der Waals surface area (Å²) in [6, 6.07) is 20.5. The molecule has 1 aromatic heterocycles. The van der Waals surface area contributed by atoms with Gasteiger partial charge in [0.15, 0.2) is 0 Å². The summed E-state index contributed by atoms with van der Waals surface area (Å²) in [5.74, 6) is 1.42. The zero-order chi connectivity index (χ0) is 14.7. The molecule has 0 aliphatic carbocycles. The van der Waals surface area contributed by atoms with Gasteiger partial charge in [0, 0.05) is 10.9 Å². The molecule has 0 saturated carbocycles. The number of benzene rings is 2. The summed E-state index contributed by atoms with van der Waals surface area (Å²) in [5, 5.41) is 1.16. The monoisotopic (exact) mass is 277 g/mol. The number of hydrogen-bond acceptors (Lipinski definition) is 2. The van der Waals surface area contributed by atoms with Gasteiger partial charge >= 0.3 is 0 Å². The van der Waals surface area contributed by atoms with Gasteiger partial charge in [0.05, 0.1) is 17.8 Å². The number of nitrogens with zero attached hydrogens (tertiary/aromatic N) is 1. The average molecular weight is 277 g/mol. The van der Waals surface area contributed by atoms with E-state index in [0.29, 0.717) is 5.92 Å². The van der Waals surface area contributed by atoms with Crippen molar-refractivity contribution in [2.75, 3.05) is 6.61 Å². The van der Waals surface area contributed by atoms with Crippen LogP contribution >= 0.6 is 0 Å². The molecule has 0 unspecified atom stereocenters. The number of hydrogen-bond donors (Lipinski definition) is 0. The standard InChI is InChI=1S/C19H19NO/c1-14(2)13-21-17-8-5-7-16(12-17)19-11-10-15-6-3-4-9-18(15)20-19/h3-12,14H,13H2,1-2H3. The van der Waals surface area contributed by atoms with E-state index in [4.69, 9.17) is 9.72 Å². The van der Waals surface area contributed by atoms with Gasteiger partial charge in [-0.25, -0.2) is 4.98 Å². The largest absolute Gasteiger partial charge is 0.493 e. The Balaban J connectivity index is 1.92. The van der Waals surface area contributed by atoms with E-state index in [0.717, 1.165) is 34.5 Å². The number of pyridine rings is 1. The molecule has 0 radical (unpaired) electrons. The Morgan fingerprint density at radius 3 is 2.67 bits per heavy atom. The number of rotatable bonds is 4. The fraction of sp³-hybridized carbons (Fsp3) is 0.211. The second-order valence-corrected chi connectivity index (χ2v) is 5.62. The number of ether oxygens (including phenoxy) is 1. The molecule has 0 aliphatic heterocycles. The molecule has 0 bridgehead atoms. The molecule has 2 aromatic carbocycles. The van der Waals surface area contributed by atoms with Crippen molar-refractivity contribution in [2.24, 2.45) is 5.92 Å². The fourth-order valence-corrected chi connectivity index (χ4v) is 2.23. The second kappa shape index (κ2) is 5.96. The van der Waals surface area contributed by atoms with Crippen molar-refractivity contribution in [1.29, 1.82) is 0 Å². The minimum absolute atomic E-state index is 0.521. The first-order valence-corrected chi connectivity index (χ1v) is 7.31. The first kappa shape index (κ1) is 13.6. The molecule has 0 aliphatic rings. The highest BCUT2D eigenvalue weighted by Crippen LogP contribution is 2.24. The van der Waals surface area contributed by atoms with E-state index in [1.165, 1.54) is 0 Å². The zero-order valence-electron chi connectivity index (χ0n) is 12.4. The number of fused-ring (bicyclic) bond motifs is 1. The zero-order valence-corrected chi connectivity index (χ0v) is 12.4. The molecule has 2 heteroatoms. The van der Waals surface area contributed by atoms with E-state index >= 15 is 0 Å². The molecule has 21 heavy (non-hydrogen) atoms. The highest BCUT2D eigenvalue weighted by molar-refractivity contribution is 5.81. The summed E-state index contributed by atoms with van der Waals surface area (Å²) in [5.41, 5.74) is 3.08. The van der Waals surface area contributed by atoms with Crippen LogP contribution in [0.3, 0.4) is 0 Å². The van der Waals surface area contributed by atoms with Gasteiger partial charge in [0.25, 0.3) is 0 Å². The van der Waals surface area contributed by atoms with Crippen LogP contribution in [-0.2, 0) is 0 Å². The van der Waals surface area contributed by atoms with E-state index in [-0.39, 0.29) is 0 Å². The van der Waals surface area contributed by atoms with E-state index in [1.807, 2.05) is 30.3 Å². The van der Waals surface area contributed by atoms with E-state index in [9.17, 15) is 0 Å². The first-order chi connectivity index (χ1) is 10.2. The van der Waals surface area contributed by atoms with Gasteiger partial charge in [-0.05, 0) is 30.2 Å². The van der Waals surface area contributed by atoms with Crippen LogP contribution in [0.4, 0.5) is 0 Å². The van der Waals surface area contributed by atoms with Crippen molar-refractivity contribution >= 4 is 10.9 Å². The maximum atomic E-state index is 5.79. The lowest BCUT2D eigenvalue weighted by atomic mass is 10.1. The highest BCUT2D eigenvalue weighted by Gasteiger charge is 2.04. The van der Waals surface area contributed by atoms with Crippen molar-refractivity contribution in [2.45, 2.75) is 13.8 Å². The van der Waals surface area contributed by atoms with Crippen LogP contribution in [0, 0.1) is 5.92 Å². The van der Waals surface area contributed by atoms with Crippen LogP contribution in [0.15, 0.2) is 60.7 Å². The van der Waals surface area contributed by atoms with Gasteiger partial charge in [-0.15, -0.1) is 0 Å². The third-order valence-electron chi connectivity index (χ3n) is 3.31. The van der Waals surface area contributed by atoms with Gasteiger partial charge < -0.3 is 4.74 Å². The van der Waals surface area contributed by atoms with Crippen LogP contribution in [0.25, 0.3) is 22.2 Å². The topological polar surface area (TPSA) is 22.1 Å². The molecule has 0 saturated heterocycles. The van der Waals surface area contributed by atoms with Crippen LogP contribution in [0.5, 0.6) is 5.75 Å². The van der Waals surface area contributed by atoms with Crippen LogP contribution in [-0.4, -0.2) is 11.6 Å². The summed E-state index contributed by atoms with van der Waals surface area (Å²) in [7, 11) is 0. The molecular weight excluding hydrogens is 258 g/mol. The lowest BCUT2D eigenvalue weighted by Crippen LogP contribution is -2.04. The van der Waals surface area contributed by atoms with Crippen molar-refractivity contribution < 1.29 is 4.74 Å². The fourth-order valence-electron chi connectivity index (χ4n) is 2.23. The van der Waals surface area contributed by atoms with Gasteiger partial charge in [-0.2, -0.15) is 0 Å². The van der Waals surface area contributed by atoms with Gasteiger partial charge in [0.2, 0.25) is 0 Å². The summed E-state index contributed by atoms with van der Waals surface area (Å²) in [4.78, 5) is 4.73. The molecule has 0 spiro atoms. The molecule has 2 nitrogen and oxygen atoms in total. The normalized spacial score (nSPS) is 11.0. The van der Waals surface area contributed by atoms with Crippen molar-refractivity contribution in [3.8, 4) is 17.0 Å². The quantitative estimate of drug-likeness (QED) is 0.674. The van der Waals surface area contributed by atoms with Gasteiger partial charge in [0.1, 0.15) is 5.75 Å². The van der Waals surface area contributed by atoms with Crippen molar-refractivity contribution in [1.82, 2.24) is 4.98 Å². The highest BCUT2D eigenvalue weighted by atomic mass is 16.5. The molecular formula is C19H19NO. The summed E-state index contributed by atoms with van der Waals surface area (Å²) < 4.78 is 5.79. The predicted molar refractivity (Wildman–Crippen MR) is 87.5 cm³/mol. The molecule has 0 fully saturated rings. The Bertz CT molecular complexity index is 749. The Morgan fingerprint density at radius 1 is 0.952 bits per heavy atom. The molecule has 3 aromatic rings. The minimum Gasteiger partial charge on any atom is -0.493 e. The Hall–Kier alpha value is -2.35. The summed E-state index contributed by atoms with van der Waals surface area (Å²) in [6.45, 7) is 5.03. The summed E-state index contributed by atoms with van der Waals surface area (Å²) >= 11 is 0. The van der Waals surface area contributed by atoms with Crippen LogP contribution < -0.4 is 4.74 Å². The van der Waals surface area contributed by atoms with Crippen LogP contribution in [0.1, 0.15) is 13.8 Å². The van der Waals surface area contributed by atoms with Gasteiger partial charge in [-0.3, -0.25) is 0 Å². The maximum Gasteiger partial charge on any atom is 0.119 e. The van der Waals surface area contributed by atoms with E-state index in [2.05, 4.69) is 44.2 Å². The van der Waals surface area contributed by atoms with E-state index in [1.54, 1.807) is 0 Å². The molecule has 1 heterocycles. The first-order valence-electron chi connectivity index (χ1n) is 7.31. The van der Waals surface area contributed by atoms with E-state index < -0.39 is 0 Å². The van der Waals surface area contributed by atoms with Crippen molar-refractivity contribution in [3.63, 3.8) is 0 Å². The Morgan fingerprint density at radius 2 is 1.81 bits per heavy atom. The third-order valence-corrected chi connectivity index (χ3v) is 3.31. The predicted octanol–water partition coefficient (Wildman–Crippen LogP) is 4.94. The second-order valence-electron chi connectivity index (χ2n) is 5.62. The molecule has 0 amide bonds. The minimum atomic E-state index is 0.521. The smallest absolute Gasteiger partial charge is 0.119 e. The molecule has 3 rings (SSSR count). The summed E-state index contributed by atoms with van der Waals surface area (Å²) in [6.07, 6.45) is 0.